The Morgan fingerprint density at radius 3 is 2.52 bits per heavy atom. The maximum atomic E-state index is 15.0. The van der Waals surface area contributed by atoms with Crippen LogP contribution in [-0.2, 0) is 11.2 Å². The Kier molecular flexibility index (Phi) is 12.4. The highest BCUT2D eigenvalue weighted by molar-refractivity contribution is 7.22. The largest absolute Gasteiger partial charge is 0.453 e. The minimum atomic E-state index is -0.572. The number of rotatable bonds is 17. The number of anilines is 1. The van der Waals surface area contributed by atoms with E-state index < -0.39 is 5.82 Å². The second-order valence-electron chi connectivity index (χ2n) is 13.0. The number of thiophene rings is 1. The van der Waals surface area contributed by atoms with Crippen LogP contribution in [0.4, 0.5) is 14.9 Å². The maximum Gasteiger partial charge on any atom is 0.319 e. The van der Waals surface area contributed by atoms with Crippen molar-refractivity contribution in [3.63, 3.8) is 0 Å². The van der Waals surface area contributed by atoms with Crippen LogP contribution in [0.2, 0.25) is 0 Å². The Balaban J connectivity index is 1.18. The number of benzene rings is 1. The number of pyridine rings is 2. The standard InChI is InChI=1S/C38H48FN5O3S/c1-5-9-27(42-37(45)24(4)6-2)11-8-10-25(7-3)20-26-12-16-31(41-23-26)35-22-32-36(48-35)34(18-19-40-32)47-33-17-15-29(21-30(33)39)44-38(46)43-28-13-14-28/h12,15-19,21-25,27-28H,5-11,13-14,20H2,1-4H3,(H,42,45)(H2,43,44,46). The van der Waals surface area contributed by atoms with Crippen molar-refractivity contribution in [3.05, 3.63) is 66.2 Å². The zero-order chi connectivity index (χ0) is 34.0. The van der Waals surface area contributed by atoms with Gasteiger partial charge in [0, 0.05) is 48.2 Å². The summed E-state index contributed by atoms with van der Waals surface area (Å²) in [7, 11) is 0. The van der Waals surface area contributed by atoms with Crippen molar-refractivity contribution in [1.29, 1.82) is 0 Å². The summed E-state index contributed by atoms with van der Waals surface area (Å²) in [6.45, 7) is 8.48. The number of fused-ring (bicyclic) bond motifs is 1. The molecule has 1 aromatic carbocycles. The number of nitrogens with zero attached hydrogens (tertiary/aromatic N) is 2. The van der Waals surface area contributed by atoms with Gasteiger partial charge in [0.2, 0.25) is 5.91 Å². The average Bonchev–Trinajstić information content (AvgIpc) is 3.78. The molecule has 0 bridgehead atoms. The van der Waals surface area contributed by atoms with E-state index in [2.05, 4.69) is 53.8 Å². The number of halogens is 1. The fourth-order valence-corrected chi connectivity index (χ4v) is 6.82. The third kappa shape index (κ3) is 9.75. The molecule has 3 unspecified atom stereocenters. The molecule has 256 valence electrons. The Hall–Kier alpha value is -4.05. The Morgan fingerprint density at radius 1 is 1.00 bits per heavy atom. The van der Waals surface area contributed by atoms with Gasteiger partial charge >= 0.3 is 6.03 Å². The number of hydrogen-bond donors (Lipinski definition) is 3. The zero-order valence-electron chi connectivity index (χ0n) is 28.5. The first kappa shape index (κ1) is 35.3. The van der Waals surface area contributed by atoms with E-state index in [1.54, 1.807) is 18.3 Å². The van der Waals surface area contributed by atoms with Crippen molar-refractivity contribution in [2.24, 2.45) is 11.8 Å². The second-order valence-corrected chi connectivity index (χ2v) is 14.1. The maximum absolute atomic E-state index is 15.0. The first-order valence-corrected chi connectivity index (χ1v) is 18.3. The molecule has 3 heterocycles. The van der Waals surface area contributed by atoms with Crippen LogP contribution >= 0.6 is 11.3 Å². The normalized spacial score (nSPS) is 14.7. The van der Waals surface area contributed by atoms with Crippen molar-refractivity contribution in [2.75, 3.05) is 5.32 Å². The molecule has 10 heteroatoms. The minimum Gasteiger partial charge on any atom is -0.453 e. The van der Waals surface area contributed by atoms with E-state index in [0.29, 0.717) is 17.4 Å². The monoisotopic (exact) mass is 673 g/mol. The molecule has 1 saturated carbocycles. The predicted octanol–water partition coefficient (Wildman–Crippen LogP) is 9.64. The smallest absolute Gasteiger partial charge is 0.319 e. The summed E-state index contributed by atoms with van der Waals surface area (Å²) in [6.07, 6.45) is 13.8. The molecule has 3 aromatic heterocycles. The molecule has 0 radical (unpaired) electrons. The molecule has 1 aliphatic carbocycles. The van der Waals surface area contributed by atoms with Crippen molar-refractivity contribution in [1.82, 2.24) is 20.6 Å². The van der Waals surface area contributed by atoms with Gasteiger partial charge in [-0.25, -0.2) is 9.18 Å². The lowest BCUT2D eigenvalue weighted by Gasteiger charge is -2.22. The molecule has 0 saturated heterocycles. The number of hydrogen-bond acceptors (Lipinski definition) is 6. The van der Waals surface area contributed by atoms with Gasteiger partial charge < -0.3 is 20.7 Å². The first-order chi connectivity index (χ1) is 23.3. The second kappa shape index (κ2) is 16.9. The van der Waals surface area contributed by atoms with E-state index >= 15 is 0 Å². The molecule has 0 spiro atoms. The van der Waals surface area contributed by atoms with Crippen LogP contribution in [0, 0.1) is 17.7 Å². The molecule has 5 rings (SSSR count). The molecule has 3 N–H and O–H groups in total. The van der Waals surface area contributed by atoms with E-state index in [1.807, 2.05) is 19.2 Å². The fourth-order valence-electron chi connectivity index (χ4n) is 5.78. The number of ether oxygens (including phenoxy) is 1. The van der Waals surface area contributed by atoms with Gasteiger partial charge in [-0.05, 0) is 74.3 Å². The molecule has 1 aliphatic rings. The third-order valence-electron chi connectivity index (χ3n) is 9.09. The number of carbonyl (C=O) groups excluding carboxylic acids is 2. The molecule has 8 nitrogen and oxygen atoms in total. The summed E-state index contributed by atoms with van der Waals surface area (Å²) in [5.74, 6) is 0.796. The summed E-state index contributed by atoms with van der Waals surface area (Å²) < 4.78 is 21.8. The molecule has 48 heavy (non-hydrogen) atoms. The Labute approximate surface area is 287 Å². The number of carbonyl (C=O) groups is 2. The lowest BCUT2D eigenvalue weighted by molar-refractivity contribution is -0.125. The summed E-state index contributed by atoms with van der Waals surface area (Å²) in [4.78, 5) is 34.7. The van der Waals surface area contributed by atoms with Crippen LogP contribution in [0.3, 0.4) is 0 Å². The predicted molar refractivity (Wildman–Crippen MR) is 192 cm³/mol. The van der Waals surface area contributed by atoms with Gasteiger partial charge in [-0.3, -0.25) is 14.8 Å². The molecular weight excluding hydrogens is 626 g/mol. The van der Waals surface area contributed by atoms with E-state index in [1.165, 1.54) is 29.0 Å². The van der Waals surface area contributed by atoms with Crippen LogP contribution < -0.4 is 20.7 Å². The van der Waals surface area contributed by atoms with Gasteiger partial charge in [0.25, 0.3) is 0 Å². The van der Waals surface area contributed by atoms with E-state index in [-0.39, 0.29) is 35.7 Å². The van der Waals surface area contributed by atoms with Crippen LogP contribution in [-0.4, -0.2) is 34.0 Å². The summed E-state index contributed by atoms with van der Waals surface area (Å²) in [5, 5.41) is 8.77. The Morgan fingerprint density at radius 2 is 1.83 bits per heavy atom. The average molecular weight is 674 g/mol. The van der Waals surface area contributed by atoms with E-state index in [4.69, 9.17) is 9.72 Å². The zero-order valence-corrected chi connectivity index (χ0v) is 29.3. The summed E-state index contributed by atoms with van der Waals surface area (Å²) in [6, 6.07) is 12.4. The third-order valence-corrected chi connectivity index (χ3v) is 10.2. The number of nitrogens with one attached hydrogen (secondary N) is 3. The van der Waals surface area contributed by atoms with Gasteiger partial charge in [0.15, 0.2) is 11.6 Å². The van der Waals surface area contributed by atoms with Gasteiger partial charge in [-0.2, -0.15) is 0 Å². The summed E-state index contributed by atoms with van der Waals surface area (Å²) in [5.41, 5.74) is 3.18. The molecule has 0 aliphatic heterocycles. The Bertz CT molecular complexity index is 1670. The quantitative estimate of drug-likeness (QED) is 0.104. The molecule has 1 fully saturated rings. The van der Waals surface area contributed by atoms with Gasteiger partial charge in [-0.1, -0.05) is 59.4 Å². The summed E-state index contributed by atoms with van der Waals surface area (Å²) >= 11 is 1.51. The minimum absolute atomic E-state index is 0.0618. The number of amides is 3. The topological polar surface area (TPSA) is 105 Å². The lowest BCUT2D eigenvalue weighted by atomic mass is 9.91. The van der Waals surface area contributed by atoms with Crippen LogP contribution in [0.25, 0.3) is 20.8 Å². The highest BCUT2D eigenvalue weighted by Gasteiger charge is 2.23. The van der Waals surface area contributed by atoms with Gasteiger partial charge in [0.1, 0.15) is 5.75 Å². The van der Waals surface area contributed by atoms with E-state index in [0.717, 1.165) is 85.0 Å². The van der Waals surface area contributed by atoms with Crippen molar-refractivity contribution < 1.29 is 18.7 Å². The number of urea groups is 1. The van der Waals surface area contributed by atoms with Gasteiger partial charge in [-0.15, -0.1) is 11.3 Å². The van der Waals surface area contributed by atoms with Crippen molar-refractivity contribution >= 4 is 39.2 Å². The highest BCUT2D eigenvalue weighted by Crippen LogP contribution is 2.39. The fraction of sp³-hybridized carbons (Fsp3) is 0.474. The SMILES string of the molecule is CCCC(CCCC(CC)Cc1ccc(-c2cc3nccc(Oc4ccc(NC(=O)NC5CC5)cc4F)c3s2)nc1)NC(=O)C(C)CC. The van der Waals surface area contributed by atoms with E-state index in [9.17, 15) is 14.0 Å². The highest BCUT2D eigenvalue weighted by atomic mass is 32.1. The number of aromatic nitrogens is 2. The molecule has 3 amide bonds. The van der Waals surface area contributed by atoms with Crippen molar-refractivity contribution in [2.45, 2.75) is 104 Å². The first-order valence-electron chi connectivity index (χ1n) is 17.4. The molecule has 3 atom stereocenters. The van der Waals surface area contributed by atoms with Crippen molar-refractivity contribution in [3.8, 4) is 22.1 Å². The van der Waals surface area contributed by atoms with Crippen LogP contribution in [0.15, 0.2) is 54.9 Å². The van der Waals surface area contributed by atoms with Crippen LogP contribution in [0.5, 0.6) is 11.5 Å². The molecule has 4 aromatic rings. The molecular formula is C38H48FN5O3S. The van der Waals surface area contributed by atoms with Gasteiger partial charge in [0.05, 0.1) is 20.8 Å². The van der Waals surface area contributed by atoms with Crippen LogP contribution in [0.1, 0.15) is 91.0 Å². The lowest BCUT2D eigenvalue weighted by Crippen LogP contribution is -2.38.